The molecular formula is C21H29N5. The normalized spacial score (nSPS) is 23.7. The minimum atomic E-state index is 0.663. The number of rotatable bonds is 6. The number of piperidine rings is 1. The van der Waals surface area contributed by atoms with Crippen molar-refractivity contribution in [3.63, 3.8) is 0 Å². The minimum Gasteiger partial charge on any atom is -0.355 e. The van der Waals surface area contributed by atoms with Crippen LogP contribution in [-0.4, -0.2) is 52.0 Å². The van der Waals surface area contributed by atoms with E-state index in [1.54, 1.807) is 0 Å². The van der Waals surface area contributed by atoms with Gasteiger partial charge in [0.2, 0.25) is 5.95 Å². The van der Waals surface area contributed by atoms with Gasteiger partial charge in [-0.05, 0) is 31.2 Å². The fourth-order valence-electron chi connectivity index (χ4n) is 4.36. The van der Waals surface area contributed by atoms with Crippen LogP contribution < -0.4 is 5.32 Å². The number of fused-ring (bicyclic) bond motifs is 4. The van der Waals surface area contributed by atoms with Gasteiger partial charge in [0, 0.05) is 63.3 Å². The first-order valence-electron chi connectivity index (χ1n) is 9.85. The summed E-state index contributed by atoms with van der Waals surface area (Å²) in [5.74, 6) is 1.50. The maximum absolute atomic E-state index is 4.42. The van der Waals surface area contributed by atoms with Gasteiger partial charge in [-0.2, -0.15) is 0 Å². The largest absolute Gasteiger partial charge is 0.355 e. The Kier molecular flexibility index (Phi) is 5.46. The van der Waals surface area contributed by atoms with E-state index in [-0.39, 0.29) is 0 Å². The first-order valence-corrected chi connectivity index (χ1v) is 9.85. The van der Waals surface area contributed by atoms with Crippen molar-refractivity contribution in [2.75, 3.05) is 31.5 Å². The highest BCUT2D eigenvalue weighted by atomic mass is 15.3. The molecule has 0 unspecified atom stereocenters. The number of hydrogen-bond donors (Lipinski definition) is 1. The zero-order valence-corrected chi connectivity index (χ0v) is 15.6. The highest BCUT2D eigenvalue weighted by molar-refractivity contribution is 5.24. The molecule has 3 fully saturated rings. The lowest BCUT2D eigenvalue weighted by molar-refractivity contribution is 0.123. The summed E-state index contributed by atoms with van der Waals surface area (Å²) in [6.07, 6.45) is 6.63. The molecule has 3 aliphatic rings. The second-order valence-corrected chi connectivity index (χ2v) is 7.65. The van der Waals surface area contributed by atoms with E-state index in [0.29, 0.717) is 6.04 Å². The zero-order valence-electron chi connectivity index (χ0n) is 15.6. The topological polar surface area (TPSA) is 44.3 Å². The molecule has 26 heavy (non-hydrogen) atoms. The van der Waals surface area contributed by atoms with Gasteiger partial charge in [-0.15, -0.1) is 0 Å². The third-order valence-electron chi connectivity index (χ3n) is 5.58. The van der Waals surface area contributed by atoms with Gasteiger partial charge in [-0.25, -0.2) is 9.97 Å². The summed E-state index contributed by atoms with van der Waals surface area (Å²) < 4.78 is 0. The number of benzene rings is 1. The first-order chi connectivity index (χ1) is 12.8. The molecule has 2 atom stereocenters. The van der Waals surface area contributed by atoms with Gasteiger partial charge in [0.05, 0.1) is 0 Å². The van der Waals surface area contributed by atoms with Crippen molar-refractivity contribution < 1.29 is 0 Å². The Hall–Kier alpha value is -1.98. The molecule has 138 valence electrons. The van der Waals surface area contributed by atoms with Crippen LogP contribution in [0.4, 0.5) is 5.95 Å². The Morgan fingerprint density at radius 2 is 1.77 bits per heavy atom. The maximum Gasteiger partial charge on any atom is 0.222 e. The molecule has 1 N–H and O–H groups in total. The van der Waals surface area contributed by atoms with Gasteiger partial charge < -0.3 is 5.32 Å². The number of nitrogens with one attached hydrogen (secondary N) is 1. The Morgan fingerprint density at radius 1 is 0.962 bits per heavy atom. The Bertz CT molecular complexity index is 687. The quantitative estimate of drug-likeness (QED) is 0.867. The molecule has 5 rings (SSSR count). The SMILES string of the molecule is CCNc1ncc(CN2C[C@@H]3CC[C@H](C2)N(Cc2ccccc2)C3)cn1. The summed E-state index contributed by atoms with van der Waals surface area (Å²) in [7, 11) is 0. The van der Waals surface area contributed by atoms with Gasteiger partial charge in [0.15, 0.2) is 0 Å². The predicted molar refractivity (Wildman–Crippen MR) is 105 cm³/mol. The van der Waals surface area contributed by atoms with E-state index in [2.05, 4.69) is 62.3 Å². The Morgan fingerprint density at radius 3 is 2.54 bits per heavy atom. The molecule has 0 radical (unpaired) electrons. The third-order valence-corrected chi connectivity index (χ3v) is 5.58. The minimum absolute atomic E-state index is 0.663. The van der Waals surface area contributed by atoms with Crippen LogP contribution in [0.2, 0.25) is 0 Å². The van der Waals surface area contributed by atoms with E-state index >= 15 is 0 Å². The second kappa shape index (κ2) is 8.14. The van der Waals surface area contributed by atoms with Crippen LogP contribution in [0.25, 0.3) is 0 Å². The number of nitrogens with zero attached hydrogens (tertiary/aromatic N) is 4. The molecular weight excluding hydrogens is 322 g/mol. The van der Waals surface area contributed by atoms with Crippen molar-refractivity contribution in [3.8, 4) is 0 Å². The lowest BCUT2D eigenvalue weighted by atomic mass is 9.94. The second-order valence-electron chi connectivity index (χ2n) is 7.65. The number of aromatic nitrogens is 2. The van der Waals surface area contributed by atoms with Crippen molar-refractivity contribution in [2.24, 2.45) is 5.92 Å². The van der Waals surface area contributed by atoms with Gasteiger partial charge in [0.25, 0.3) is 0 Å². The summed E-state index contributed by atoms with van der Waals surface area (Å²) in [5, 5.41) is 3.16. The van der Waals surface area contributed by atoms with Crippen molar-refractivity contribution in [2.45, 2.75) is 38.9 Å². The van der Waals surface area contributed by atoms with E-state index < -0.39 is 0 Å². The average Bonchev–Trinajstić information content (AvgIpc) is 2.95. The molecule has 3 aliphatic heterocycles. The summed E-state index contributed by atoms with van der Waals surface area (Å²) in [6.45, 7) is 8.52. The van der Waals surface area contributed by atoms with Gasteiger partial charge in [-0.1, -0.05) is 30.3 Å². The summed E-state index contributed by atoms with van der Waals surface area (Å²) in [5.41, 5.74) is 2.64. The average molecular weight is 351 g/mol. The summed E-state index contributed by atoms with van der Waals surface area (Å²) in [6, 6.07) is 11.6. The van der Waals surface area contributed by atoms with Crippen molar-refractivity contribution in [1.82, 2.24) is 19.8 Å². The molecule has 0 saturated carbocycles. The molecule has 1 aromatic heterocycles. The van der Waals surface area contributed by atoms with E-state index in [1.807, 2.05) is 12.4 Å². The molecule has 0 aliphatic carbocycles. The van der Waals surface area contributed by atoms with E-state index in [9.17, 15) is 0 Å². The van der Waals surface area contributed by atoms with Crippen LogP contribution in [0.15, 0.2) is 42.7 Å². The van der Waals surface area contributed by atoms with Crippen LogP contribution in [0.1, 0.15) is 30.9 Å². The smallest absolute Gasteiger partial charge is 0.222 e. The molecule has 4 heterocycles. The van der Waals surface area contributed by atoms with E-state index in [1.165, 1.54) is 37.1 Å². The molecule has 2 bridgehead atoms. The van der Waals surface area contributed by atoms with E-state index in [4.69, 9.17) is 0 Å². The fraction of sp³-hybridized carbons (Fsp3) is 0.524. The summed E-state index contributed by atoms with van der Waals surface area (Å²) >= 11 is 0. The van der Waals surface area contributed by atoms with Gasteiger partial charge in [0.1, 0.15) is 0 Å². The van der Waals surface area contributed by atoms with Crippen LogP contribution >= 0.6 is 0 Å². The van der Waals surface area contributed by atoms with Gasteiger partial charge >= 0.3 is 0 Å². The fourth-order valence-corrected chi connectivity index (χ4v) is 4.36. The molecule has 1 aromatic carbocycles. The molecule has 0 spiro atoms. The van der Waals surface area contributed by atoms with Crippen molar-refractivity contribution >= 4 is 5.95 Å². The highest BCUT2D eigenvalue weighted by Gasteiger charge is 2.34. The first kappa shape index (κ1) is 17.4. The standard InChI is InChI=1S/C21H29N5/c1-2-22-21-23-10-19(11-24-21)13-25-12-18-8-9-20(16-25)26(15-18)14-17-6-4-3-5-7-17/h3-7,10-11,18,20H,2,8-9,12-16H2,1H3,(H,22,23,24)/t18-,20+/m0/s1. The van der Waals surface area contributed by atoms with Crippen molar-refractivity contribution in [3.05, 3.63) is 53.9 Å². The molecule has 5 heteroatoms. The maximum atomic E-state index is 4.42. The van der Waals surface area contributed by atoms with Crippen LogP contribution in [0.5, 0.6) is 0 Å². The number of hydrogen-bond acceptors (Lipinski definition) is 5. The number of anilines is 1. The van der Waals surface area contributed by atoms with E-state index in [0.717, 1.165) is 38.0 Å². The van der Waals surface area contributed by atoms with Crippen LogP contribution in [-0.2, 0) is 13.1 Å². The van der Waals surface area contributed by atoms with Crippen molar-refractivity contribution in [1.29, 1.82) is 0 Å². The molecule has 3 saturated heterocycles. The lowest BCUT2D eigenvalue weighted by Gasteiger charge is -2.36. The Balaban J connectivity index is 1.39. The monoisotopic (exact) mass is 351 g/mol. The Labute approximate surface area is 156 Å². The zero-order chi connectivity index (χ0) is 17.8. The lowest BCUT2D eigenvalue weighted by Crippen LogP contribution is -2.43. The van der Waals surface area contributed by atoms with Gasteiger partial charge in [-0.3, -0.25) is 9.80 Å². The molecule has 2 aromatic rings. The highest BCUT2D eigenvalue weighted by Crippen LogP contribution is 2.29. The third kappa shape index (κ3) is 4.22. The predicted octanol–water partition coefficient (Wildman–Crippen LogP) is 3.00. The molecule has 0 amide bonds. The van der Waals surface area contributed by atoms with Crippen LogP contribution in [0, 0.1) is 5.92 Å². The molecule has 5 nitrogen and oxygen atoms in total. The summed E-state index contributed by atoms with van der Waals surface area (Å²) in [4.78, 5) is 14.2. The van der Waals surface area contributed by atoms with Crippen LogP contribution in [0.3, 0.4) is 0 Å².